The van der Waals surface area contributed by atoms with Crippen molar-refractivity contribution in [3.05, 3.63) is 28.8 Å². The molecule has 0 aliphatic heterocycles. The van der Waals surface area contributed by atoms with Crippen molar-refractivity contribution in [3.8, 4) is 0 Å². The van der Waals surface area contributed by atoms with Gasteiger partial charge in [0.2, 0.25) is 0 Å². The van der Waals surface area contributed by atoms with Crippen LogP contribution in [0.2, 0.25) is 0 Å². The van der Waals surface area contributed by atoms with E-state index in [0.29, 0.717) is 4.90 Å². The van der Waals surface area contributed by atoms with Crippen molar-refractivity contribution in [1.29, 1.82) is 0 Å². The first-order valence-corrected chi connectivity index (χ1v) is 9.19. The van der Waals surface area contributed by atoms with E-state index in [4.69, 9.17) is 0 Å². The highest BCUT2D eigenvalue weighted by molar-refractivity contribution is 7.89. The van der Waals surface area contributed by atoms with Gasteiger partial charge in [0.15, 0.2) is 10.9 Å². The van der Waals surface area contributed by atoms with E-state index >= 15 is 0 Å². The third kappa shape index (κ3) is 4.96. The molecule has 5 heteroatoms. The summed E-state index contributed by atoms with van der Waals surface area (Å²) in [5.74, 6) is -0.683. The van der Waals surface area contributed by atoms with Crippen molar-refractivity contribution in [2.75, 3.05) is 0 Å². The van der Waals surface area contributed by atoms with Gasteiger partial charge in [-0.25, -0.2) is 0 Å². The third-order valence-corrected chi connectivity index (χ3v) is 5.70. The summed E-state index contributed by atoms with van der Waals surface area (Å²) in [5, 5.41) is 9.62. The zero-order valence-corrected chi connectivity index (χ0v) is 16.0. The van der Waals surface area contributed by atoms with Crippen LogP contribution in [0.5, 0.6) is 0 Å². The van der Waals surface area contributed by atoms with Crippen molar-refractivity contribution >= 4 is 17.3 Å². The number of hydrogen-bond donors (Lipinski definition) is 2. The third-order valence-electron chi connectivity index (χ3n) is 4.21. The van der Waals surface area contributed by atoms with E-state index in [-0.39, 0.29) is 17.8 Å². The second kappa shape index (κ2) is 8.18. The first-order valence-electron chi connectivity index (χ1n) is 8.04. The van der Waals surface area contributed by atoms with Crippen molar-refractivity contribution in [3.63, 3.8) is 0 Å². The Hall–Kier alpha value is -1.04. The van der Waals surface area contributed by atoms with E-state index in [9.17, 15) is 14.5 Å². The van der Waals surface area contributed by atoms with Gasteiger partial charge in [-0.3, -0.25) is 4.79 Å². The Kier molecular flexibility index (Phi) is 7.11. The van der Waals surface area contributed by atoms with Crippen LogP contribution in [0, 0.1) is 38.5 Å². The topological polar surface area (TPSA) is 72.4 Å². The number of carboxylic acid groups (broad SMARTS) is 1. The van der Waals surface area contributed by atoms with Crippen LogP contribution in [-0.2, 0) is 16.2 Å². The second-order valence-electron chi connectivity index (χ2n) is 7.00. The van der Waals surface area contributed by atoms with Crippen LogP contribution >= 0.6 is 0 Å². The summed E-state index contributed by atoms with van der Waals surface area (Å²) in [7, 11) is 0. The lowest BCUT2D eigenvalue weighted by molar-refractivity contribution is -0.141. The maximum atomic E-state index is 12.8. The highest BCUT2D eigenvalue weighted by atomic mass is 32.2. The fourth-order valence-electron chi connectivity index (χ4n) is 3.47. The second-order valence-corrected chi connectivity index (χ2v) is 8.18. The predicted octanol–water partition coefficient (Wildman–Crippen LogP) is 3.61. The fraction of sp³-hybridized carbons (Fsp3) is 0.611. The highest BCUT2D eigenvalue weighted by Gasteiger charge is 2.37. The van der Waals surface area contributed by atoms with E-state index < -0.39 is 23.4 Å². The number of benzene rings is 1. The maximum Gasteiger partial charge on any atom is 0.325 e. The zero-order valence-electron chi connectivity index (χ0n) is 15.1. The van der Waals surface area contributed by atoms with Crippen LogP contribution in [-0.4, -0.2) is 21.7 Å². The number of rotatable bonds is 7. The summed E-state index contributed by atoms with van der Waals surface area (Å²) < 4.78 is 15.7. The molecule has 0 spiro atoms. The smallest absolute Gasteiger partial charge is 0.325 e. The highest BCUT2D eigenvalue weighted by Crippen LogP contribution is 2.27. The van der Waals surface area contributed by atoms with Crippen molar-refractivity contribution in [1.82, 2.24) is 4.72 Å². The summed E-state index contributed by atoms with van der Waals surface area (Å²) in [5.41, 5.74) is 2.95. The number of carboxylic acids is 1. The Labute approximate surface area is 143 Å². The van der Waals surface area contributed by atoms with Gasteiger partial charge >= 0.3 is 5.97 Å². The molecule has 0 saturated carbocycles. The average Bonchev–Trinajstić information content (AvgIpc) is 2.35. The molecule has 23 heavy (non-hydrogen) atoms. The largest absolute Gasteiger partial charge is 0.593 e. The van der Waals surface area contributed by atoms with E-state index in [2.05, 4.69) is 4.72 Å². The van der Waals surface area contributed by atoms with Gasteiger partial charge in [0.05, 0.1) is 11.4 Å². The predicted molar refractivity (Wildman–Crippen MR) is 94.8 cm³/mol. The lowest BCUT2D eigenvalue weighted by Gasteiger charge is -2.31. The van der Waals surface area contributed by atoms with Gasteiger partial charge < -0.3 is 9.66 Å². The molecule has 0 fully saturated rings. The molecule has 0 bridgehead atoms. The van der Waals surface area contributed by atoms with Crippen LogP contribution in [0.15, 0.2) is 17.0 Å². The summed E-state index contributed by atoms with van der Waals surface area (Å²) in [6, 6.07) is 3.11. The maximum absolute atomic E-state index is 12.8. The molecule has 4 nitrogen and oxygen atoms in total. The molecule has 2 N–H and O–H groups in total. The Morgan fingerprint density at radius 1 is 1.09 bits per heavy atom. The molecule has 0 radical (unpaired) electrons. The summed E-state index contributed by atoms with van der Waals surface area (Å²) in [4.78, 5) is 12.4. The summed E-state index contributed by atoms with van der Waals surface area (Å²) in [6.07, 6.45) is 0. The molecular formula is C18H29NO3S. The average molecular weight is 340 g/mol. The van der Waals surface area contributed by atoms with Gasteiger partial charge in [0.25, 0.3) is 0 Å². The van der Waals surface area contributed by atoms with Crippen molar-refractivity contribution < 1.29 is 14.5 Å². The number of carbonyl (C=O) groups is 1. The Morgan fingerprint density at radius 3 is 1.87 bits per heavy atom. The molecule has 2 atom stereocenters. The van der Waals surface area contributed by atoms with Gasteiger partial charge in [-0.2, -0.15) is 0 Å². The minimum atomic E-state index is -1.55. The van der Waals surface area contributed by atoms with Gasteiger partial charge in [-0.1, -0.05) is 45.4 Å². The van der Waals surface area contributed by atoms with Gasteiger partial charge in [0, 0.05) is 11.1 Å². The van der Waals surface area contributed by atoms with Crippen LogP contribution < -0.4 is 4.72 Å². The van der Waals surface area contributed by atoms with E-state index in [1.54, 1.807) is 0 Å². The summed E-state index contributed by atoms with van der Waals surface area (Å²) >= 11 is -1.55. The van der Waals surface area contributed by atoms with Gasteiger partial charge in [-0.05, 0) is 38.5 Å². The van der Waals surface area contributed by atoms with Crippen molar-refractivity contribution in [2.45, 2.75) is 59.4 Å². The SMILES string of the molecule is Cc1cc(C)c([S+]([O-])N[C@H](C(=O)O)C(C(C)C)C(C)C)c(C)c1. The Balaban J connectivity index is 3.13. The lowest BCUT2D eigenvalue weighted by atomic mass is 9.80. The molecule has 0 amide bonds. The minimum Gasteiger partial charge on any atom is -0.593 e. The standard InChI is InChI=1S/C18H29NO3S/c1-10(2)15(11(3)4)16(18(20)21)19-23(22)17-13(6)8-12(5)9-14(17)7/h8-11,15-16,19H,1-7H3,(H,20,21)/t16-,23?/m0/s1. The first-order chi connectivity index (χ1) is 10.6. The number of aryl methyl sites for hydroxylation is 3. The molecule has 0 aromatic heterocycles. The fourth-order valence-corrected chi connectivity index (χ4v) is 4.78. The van der Waals surface area contributed by atoms with Gasteiger partial charge in [-0.15, -0.1) is 4.72 Å². The molecule has 1 rings (SSSR count). The van der Waals surface area contributed by atoms with Crippen LogP contribution in [0.4, 0.5) is 0 Å². The Morgan fingerprint density at radius 2 is 1.52 bits per heavy atom. The molecule has 0 heterocycles. The molecule has 0 saturated heterocycles. The molecule has 0 aliphatic rings. The van der Waals surface area contributed by atoms with E-state index in [0.717, 1.165) is 16.7 Å². The molecule has 0 aliphatic carbocycles. The molecule has 130 valence electrons. The van der Waals surface area contributed by atoms with Gasteiger partial charge in [0.1, 0.15) is 0 Å². The molecule has 1 unspecified atom stereocenters. The first kappa shape index (κ1) is 20.0. The quantitative estimate of drug-likeness (QED) is 0.744. The number of aliphatic carboxylic acids is 1. The van der Waals surface area contributed by atoms with Crippen LogP contribution in [0.1, 0.15) is 44.4 Å². The number of hydrogen-bond acceptors (Lipinski definition) is 3. The van der Waals surface area contributed by atoms with Crippen LogP contribution in [0.3, 0.4) is 0 Å². The molecular weight excluding hydrogens is 310 g/mol. The van der Waals surface area contributed by atoms with E-state index in [1.165, 1.54) is 0 Å². The normalized spacial score (nSPS) is 14.6. The van der Waals surface area contributed by atoms with Crippen molar-refractivity contribution in [2.24, 2.45) is 17.8 Å². The zero-order chi connectivity index (χ0) is 17.9. The lowest BCUT2D eigenvalue weighted by Crippen LogP contribution is -2.49. The minimum absolute atomic E-state index is 0.0949. The van der Waals surface area contributed by atoms with Crippen LogP contribution in [0.25, 0.3) is 0 Å². The molecule has 1 aromatic carbocycles. The summed E-state index contributed by atoms with van der Waals surface area (Å²) in [6.45, 7) is 13.8. The number of nitrogens with one attached hydrogen (secondary N) is 1. The van der Waals surface area contributed by atoms with E-state index in [1.807, 2.05) is 60.6 Å². The Bertz CT molecular complexity index is 526. The monoisotopic (exact) mass is 339 g/mol. The molecule has 1 aromatic rings.